The van der Waals surface area contributed by atoms with E-state index in [1.807, 2.05) is 0 Å². The number of hydrogen-bond donors (Lipinski definition) is 1. The Bertz CT molecular complexity index is 143. The maximum absolute atomic E-state index is 12.3. The molecule has 0 aromatic heterocycles. The van der Waals surface area contributed by atoms with E-state index in [0.717, 1.165) is 0 Å². The summed E-state index contributed by atoms with van der Waals surface area (Å²) in [5.74, 6) is -1.57. The molecule has 0 aliphatic rings. The molecule has 0 amide bonds. The standard InChI is InChI=1S/C8H13FO2/c1-3-4-7(8(10)11)5-6(2)9/h3,6-7H,1,4-5H2,2H3,(H,10,11). The molecule has 0 radical (unpaired) electrons. The van der Waals surface area contributed by atoms with E-state index in [2.05, 4.69) is 6.58 Å². The summed E-state index contributed by atoms with van der Waals surface area (Å²) in [6.07, 6.45) is 0.850. The molecule has 2 nitrogen and oxygen atoms in total. The fourth-order valence-corrected chi connectivity index (χ4v) is 0.891. The summed E-state index contributed by atoms with van der Waals surface area (Å²) in [6.45, 7) is 4.76. The van der Waals surface area contributed by atoms with Crippen LogP contribution in [0.3, 0.4) is 0 Å². The zero-order valence-corrected chi connectivity index (χ0v) is 6.59. The van der Waals surface area contributed by atoms with Crippen molar-refractivity contribution in [3.63, 3.8) is 0 Å². The molecule has 0 aromatic carbocycles. The highest BCUT2D eigenvalue weighted by atomic mass is 19.1. The van der Waals surface area contributed by atoms with Crippen LogP contribution in [0.1, 0.15) is 19.8 Å². The predicted molar refractivity (Wildman–Crippen MR) is 41.1 cm³/mol. The second-order valence-electron chi connectivity index (χ2n) is 2.58. The first-order valence-corrected chi connectivity index (χ1v) is 3.55. The van der Waals surface area contributed by atoms with Crippen molar-refractivity contribution in [2.75, 3.05) is 0 Å². The molecule has 0 bridgehead atoms. The highest BCUT2D eigenvalue weighted by molar-refractivity contribution is 5.70. The summed E-state index contributed by atoms with van der Waals surface area (Å²) in [5.41, 5.74) is 0. The largest absolute Gasteiger partial charge is 0.481 e. The minimum Gasteiger partial charge on any atom is -0.481 e. The number of aliphatic carboxylic acids is 1. The van der Waals surface area contributed by atoms with Gasteiger partial charge in [0, 0.05) is 0 Å². The van der Waals surface area contributed by atoms with Crippen LogP contribution in [-0.4, -0.2) is 17.2 Å². The van der Waals surface area contributed by atoms with Crippen molar-refractivity contribution in [2.45, 2.75) is 25.9 Å². The van der Waals surface area contributed by atoms with E-state index in [1.165, 1.54) is 13.0 Å². The molecule has 0 heterocycles. The van der Waals surface area contributed by atoms with Crippen molar-refractivity contribution in [1.82, 2.24) is 0 Å². The molecule has 0 rings (SSSR count). The average Bonchev–Trinajstić information content (AvgIpc) is 1.86. The van der Waals surface area contributed by atoms with Gasteiger partial charge in [-0.05, 0) is 19.8 Å². The molecule has 0 saturated carbocycles. The van der Waals surface area contributed by atoms with Gasteiger partial charge in [0.25, 0.3) is 0 Å². The zero-order chi connectivity index (χ0) is 8.85. The van der Waals surface area contributed by atoms with Crippen LogP contribution in [0, 0.1) is 5.92 Å². The van der Waals surface area contributed by atoms with Gasteiger partial charge < -0.3 is 5.11 Å². The number of carboxylic acid groups (broad SMARTS) is 1. The lowest BCUT2D eigenvalue weighted by Gasteiger charge is -2.09. The van der Waals surface area contributed by atoms with E-state index < -0.39 is 18.1 Å². The second kappa shape index (κ2) is 4.88. The van der Waals surface area contributed by atoms with E-state index in [4.69, 9.17) is 5.11 Å². The molecule has 0 fully saturated rings. The van der Waals surface area contributed by atoms with Gasteiger partial charge >= 0.3 is 5.97 Å². The molecule has 0 spiro atoms. The highest BCUT2D eigenvalue weighted by Gasteiger charge is 2.18. The lowest BCUT2D eigenvalue weighted by molar-refractivity contribution is -0.142. The van der Waals surface area contributed by atoms with Gasteiger partial charge in [-0.25, -0.2) is 4.39 Å². The number of hydrogen-bond acceptors (Lipinski definition) is 1. The summed E-state index contributed by atoms with van der Waals surface area (Å²) >= 11 is 0. The maximum Gasteiger partial charge on any atom is 0.306 e. The zero-order valence-electron chi connectivity index (χ0n) is 6.59. The smallest absolute Gasteiger partial charge is 0.306 e. The van der Waals surface area contributed by atoms with Crippen molar-refractivity contribution >= 4 is 5.97 Å². The number of alkyl halides is 1. The second-order valence-corrected chi connectivity index (χ2v) is 2.58. The third kappa shape index (κ3) is 4.53. The van der Waals surface area contributed by atoms with Crippen molar-refractivity contribution in [3.05, 3.63) is 12.7 Å². The number of carbonyl (C=O) groups is 1. The topological polar surface area (TPSA) is 37.3 Å². The van der Waals surface area contributed by atoms with Gasteiger partial charge in [-0.15, -0.1) is 6.58 Å². The van der Waals surface area contributed by atoms with Gasteiger partial charge in [-0.2, -0.15) is 0 Å². The maximum atomic E-state index is 12.3. The van der Waals surface area contributed by atoms with Gasteiger partial charge in [0.2, 0.25) is 0 Å². The van der Waals surface area contributed by atoms with E-state index in [9.17, 15) is 9.18 Å². The van der Waals surface area contributed by atoms with Gasteiger partial charge in [-0.1, -0.05) is 6.08 Å². The van der Waals surface area contributed by atoms with Crippen molar-refractivity contribution < 1.29 is 14.3 Å². The number of allylic oxidation sites excluding steroid dienone is 1. The third-order valence-corrected chi connectivity index (χ3v) is 1.41. The van der Waals surface area contributed by atoms with E-state index in [1.54, 1.807) is 0 Å². The van der Waals surface area contributed by atoms with Crippen LogP contribution in [0.2, 0.25) is 0 Å². The molecule has 2 unspecified atom stereocenters. The molecular formula is C8H13FO2. The normalized spacial score (nSPS) is 15.5. The molecule has 3 heteroatoms. The first-order chi connectivity index (χ1) is 5.07. The van der Waals surface area contributed by atoms with Crippen LogP contribution in [0.5, 0.6) is 0 Å². The van der Waals surface area contributed by atoms with Crippen LogP contribution in [0.25, 0.3) is 0 Å². The number of rotatable bonds is 5. The minimum atomic E-state index is -1.06. The van der Waals surface area contributed by atoms with E-state index in [0.29, 0.717) is 6.42 Å². The highest BCUT2D eigenvalue weighted by Crippen LogP contribution is 2.13. The molecule has 11 heavy (non-hydrogen) atoms. The summed E-state index contributed by atoms with van der Waals surface area (Å²) < 4.78 is 12.3. The van der Waals surface area contributed by atoms with Crippen molar-refractivity contribution in [1.29, 1.82) is 0 Å². The Morgan fingerprint density at radius 1 is 1.82 bits per heavy atom. The number of carboxylic acids is 1. The minimum absolute atomic E-state index is 0.0708. The van der Waals surface area contributed by atoms with Crippen LogP contribution < -0.4 is 0 Å². The van der Waals surface area contributed by atoms with Gasteiger partial charge in [0.1, 0.15) is 0 Å². The van der Waals surface area contributed by atoms with Crippen LogP contribution >= 0.6 is 0 Å². The van der Waals surface area contributed by atoms with Crippen LogP contribution in [0.4, 0.5) is 4.39 Å². The molecule has 0 aliphatic carbocycles. The molecule has 2 atom stereocenters. The molecular weight excluding hydrogens is 147 g/mol. The Morgan fingerprint density at radius 3 is 2.64 bits per heavy atom. The summed E-state index contributed by atoms with van der Waals surface area (Å²) in [7, 11) is 0. The third-order valence-electron chi connectivity index (χ3n) is 1.41. The molecule has 0 aromatic rings. The Labute approximate surface area is 65.7 Å². The Hall–Kier alpha value is -0.860. The quantitative estimate of drug-likeness (QED) is 0.624. The van der Waals surface area contributed by atoms with Gasteiger partial charge in [0.15, 0.2) is 0 Å². The predicted octanol–water partition coefficient (Wildman–Crippen LogP) is 2.01. The van der Waals surface area contributed by atoms with Crippen molar-refractivity contribution in [2.24, 2.45) is 5.92 Å². The average molecular weight is 160 g/mol. The first-order valence-electron chi connectivity index (χ1n) is 3.55. The summed E-state index contributed by atoms with van der Waals surface area (Å²) in [4.78, 5) is 10.4. The Kier molecular flexibility index (Phi) is 4.50. The van der Waals surface area contributed by atoms with Crippen molar-refractivity contribution in [3.8, 4) is 0 Å². The van der Waals surface area contributed by atoms with E-state index in [-0.39, 0.29) is 6.42 Å². The molecule has 1 N–H and O–H groups in total. The summed E-state index contributed by atoms with van der Waals surface area (Å²) in [6, 6.07) is 0. The number of halogens is 1. The fourth-order valence-electron chi connectivity index (χ4n) is 0.891. The van der Waals surface area contributed by atoms with Gasteiger partial charge in [-0.3, -0.25) is 4.79 Å². The molecule has 0 aliphatic heterocycles. The van der Waals surface area contributed by atoms with Crippen LogP contribution in [0.15, 0.2) is 12.7 Å². The van der Waals surface area contributed by atoms with Gasteiger partial charge in [0.05, 0.1) is 12.1 Å². The SMILES string of the molecule is C=CCC(CC(C)F)C(=O)O. The monoisotopic (exact) mass is 160 g/mol. The molecule has 0 saturated heterocycles. The van der Waals surface area contributed by atoms with Crippen LogP contribution in [-0.2, 0) is 4.79 Å². The fraction of sp³-hybridized carbons (Fsp3) is 0.625. The first kappa shape index (κ1) is 10.1. The lowest BCUT2D eigenvalue weighted by atomic mass is 9.99. The lowest BCUT2D eigenvalue weighted by Crippen LogP contribution is -2.16. The van der Waals surface area contributed by atoms with E-state index >= 15 is 0 Å². The Balaban J connectivity index is 3.88. The Morgan fingerprint density at radius 2 is 2.36 bits per heavy atom. The summed E-state index contributed by atoms with van der Waals surface area (Å²) in [5, 5.41) is 8.54. The molecule has 64 valence electrons.